The number of rotatable bonds is 6. The molecule has 23 heavy (non-hydrogen) atoms. The molecule has 0 fully saturated rings. The Balaban J connectivity index is 1.89. The average molecular weight is 308 g/mol. The van der Waals surface area contributed by atoms with Crippen LogP contribution in [0.5, 0.6) is 0 Å². The molecule has 0 saturated carbocycles. The molecule has 0 saturated heterocycles. The van der Waals surface area contributed by atoms with E-state index in [0.29, 0.717) is 5.92 Å². The van der Waals surface area contributed by atoms with Gasteiger partial charge in [-0.05, 0) is 61.2 Å². The Hall–Kier alpha value is -2.20. The van der Waals surface area contributed by atoms with Crippen molar-refractivity contribution >= 4 is 11.0 Å². The van der Waals surface area contributed by atoms with E-state index < -0.39 is 0 Å². The number of nitrogens with zero attached hydrogens (tertiary/aromatic N) is 2. The van der Waals surface area contributed by atoms with E-state index in [4.69, 9.17) is 4.98 Å². The maximum absolute atomic E-state index is 4.77. The minimum absolute atomic E-state index is 0.272. The first-order valence-corrected chi connectivity index (χ1v) is 8.24. The highest BCUT2D eigenvalue weighted by Crippen LogP contribution is 2.25. The maximum atomic E-state index is 4.77. The van der Waals surface area contributed by atoms with Crippen LogP contribution >= 0.6 is 0 Å². The van der Waals surface area contributed by atoms with Crippen molar-refractivity contribution in [3.05, 3.63) is 48.5 Å². The molecule has 0 unspecified atom stereocenters. The predicted molar refractivity (Wildman–Crippen MR) is 95.2 cm³/mol. The minimum Gasteiger partial charge on any atom is -0.341 e. The molecule has 0 aliphatic heterocycles. The fourth-order valence-corrected chi connectivity index (χ4v) is 2.84. The van der Waals surface area contributed by atoms with Crippen molar-refractivity contribution in [2.45, 2.75) is 32.7 Å². The number of benzene rings is 1. The minimum atomic E-state index is 0.272. The van der Waals surface area contributed by atoms with Gasteiger partial charge in [-0.25, -0.2) is 4.98 Å². The second-order valence-electron chi connectivity index (χ2n) is 6.40. The molecule has 0 bridgehead atoms. The summed E-state index contributed by atoms with van der Waals surface area (Å²) >= 11 is 0. The van der Waals surface area contributed by atoms with E-state index in [1.165, 1.54) is 17.5 Å². The Morgan fingerprint density at radius 2 is 1.83 bits per heavy atom. The van der Waals surface area contributed by atoms with E-state index in [9.17, 15) is 0 Å². The lowest BCUT2D eigenvalue weighted by Crippen LogP contribution is -2.18. The van der Waals surface area contributed by atoms with Crippen LogP contribution in [0.25, 0.3) is 22.2 Å². The van der Waals surface area contributed by atoms with E-state index in [1.54, 1.807) is 0 Å². The summed E-state index contributed by atoms with van der Waals surface area (Å²) in [7, 11) is 2.00. The third-order valence-electron chi connectivity index (χ3n) is 4.23. The Labute approximate surface area is 137 Å². The van der Waals surface area contributed by atoms with Crippen LogP contribution in [0.1, 0.15) is 38.6 Å². The number of aromatic nitrogens is 3. The van der Waals surface area contributed by atoms with Gasteiger partial charge in [0.2, 0.25) is 0 Å². The summed E-state index contributed by atoms with van der Waals surface area (Å²) in [6.45, 7) is 4.51. The van der Waals surface area contributed by atoms with Crippen molar-refractivity contribution < 1.29 is 0 Å². The summed E-state index contributed by atoms with van der Waals surface area (Å²) in [6.07, 6.45) is 5.91. The van der Waals surface area contributed by atoms with Gasteiger partial charge in [0.1, 0.15) is 5.82 Å². The average Bonchev–Trinajstić information content (AvgIpc) is 2.99. The molecule has 0 aliphatic rings. The molecule has 0 radical (unpaired) electrons. The highest BCUT2D eigenvalue weighted by Gasteiger charge is 2.14. The van der Waals surface area contributed by atoms with Gasteiger partial charge in [-0.3, -0.25) is 4.98 Å². The smallest absolute Gasteiger partial charge is 0.124 e. The van der Waals surface area contributed by atoms with Crippen molar-refractivity contribution in [1.29, 1.82) is 0 Å². The zero-order valence-electron chi connectivity index (χ0n) is 14.0. The number of imidazole rings is 1. The standard InChI is InChI=1S/C19H24N4/c1-13(2)4-6-17(20-3)19-22-16-7-5-15(12-18(16)23-19)14-8-10-21-11-9-14/h5,7-13,17,20H,4,6H2,1-3H3,(H,22,23)/t17-/m0/s1. The molecule has 0 amide bonds. The highest BCUT2D eigenvalue weighted by atomic mass is 15.0. The van der Waals surface area contributed by atoms with Crippen LogP contribution in [0.4, 0.5) is 0 Å². The topological polar surface area (TPSA) is 53.6 Å². The molecule has 0 spiro atoms. The van der Waals surface area contributed by atoms with Gasteiger partial charge in [-0.2, -0.15) is 0 Å². The number of H-pyrrole nitrogens is 1. The summed E-state index contributed by atoms with van der Waals surface area (Å²) in [4.78, 5) is 12.3. The number of nitrogens with one attached hydrogen (secondary N) is 2. The van der Waals surface area contributed by atoms with Crippen molar-refractivity contribution in [3.8, 4) is 11.1 Å². The van der Waals surface area contributed by atoms with Gasteiger partial charge >= 0.3 is 0 Å². The van der Waals surface area contributed by atoms with Gasteiger partial charge in [0, 0.05) is 12.4 Å². The molecule has 0 aliphatic carbocycles. The van der Waals surface area contributed by atoms with Crippen LogP contribution in [0.15, 0.2) is 42.7 Å². The second kappa shape index (κ2) is 6.92. The zero-order chi connectivity index (χ0) is 16.2. The van der Waals surface area contributed by atoms with Crippen LogP contribution in [-0.2, 0) is 0 Å². The maximum Gasteiger partial charge on any atom is 0.124 e. The molecule has 1 atom stereocenters. The summed E-state index contributed by atoms with van der Waals surface area (Å²) in [5.74, 6) is 1.73. The number of hydrogen-bond acceptors (Lipinski definition) is 3. The molecule has 3 rings (SSSR count). The largest absolute Gasteiger partial charge is 0.341 e. The molecular weight excluding hydrogens is 284 g/mol. The van der Waals surface area contributed by atoms with E-state index >= 15 is 0 Å². The van der Waals surface area contributed by atoms with Gasteiger partial charge in [-0.15, -0.1) is 0 Å². The first kappa shape index (κ1) is 15.7. The zero-order valence-corrected chi connectivity index (χ0v) is 14.0. The first-order valence-electron chi connectivity index (χ1n) is 8.24. The number of aromatic amines is 1. The number of hydrogen-bond donors (Lipinski definition) is 2. The summed E-state index contributed by atoms with van der Waals surface area (Å²) in [6, 6.07) is 10.7. The van der Waals surface area contributed by atoms with Crippen molar-refractivity contribution in [1.82, 2.24) is 20.3 Å². The molecule has 4 nitrogen and oxygen atoms in total. The fourth-order valence-electron chi connectivity index (χ4n) is 2.84. The number of fused-ring (bicyclic) bond motifs is 1. The van der Waals surface area contributed by atoms with Gasteiger partial charge in [0.25, 0.3) is 0 Å². The van der Waals surface area contributed by atoms with Crippen LogP contribution < -0.4 is 5.32 Å². The first-order chi connectivity index (χ1) is 11.2. The summed E-state index contributed by atoms with van der Waals surface area (Å²) in [5.41, 5.74) is 4.45. The van der Waals surface area contributed by atoms with Crippen molar-refractivity contribution in [2.75, 3.05) is 7.05 Å². The molecule has 1 aromatic carbocycles. The van der Waals surface area contributed by atoms with Crippen LogP contribution in [0.3, 0.4) is 0 Å². The monoisotopic (exact) mass is 308 g/mol. The van der Waals surface area contributed by atoms with Gasteiger partial charge in [0.05, 0.1) is 17.1 Å². The van der Waals surface area contributed by atoms with Gasteiger partial charge < -0.3 is 10.3 Å². The van der Waals surface area contributed by atoms with E-state index in [2.05, 4.69) is 47.3 Å². The highest BCUT2D eigenvalue weighted by molar-refractivity contribution is 5.81. The normalized spacial score (nSPS) is 12.9. The lowest BCUT2D eigenvalue weighted by Gasteiger charge is -2.14. The van der Waals surface area contributed by atoms with Crippen LogP contribution in [-0.4, -0.2) is 22.0 Å². The Morgan fingerprint density at radius 3 is 2.52 bits per heavy atom. The predicted octanol–water partition coefficient (Wildman–Crippen LogP) is 4.32. The second-order valence-corrected chi connectivity index (χ2v) is 6.40. The van der Waals surface area contributed by atoms with Crippen LogP contribution in [0, 0.1) is 5.92 Å². The third-order valence-corrected chi connectivity index (χ3v) is 4.23. The third kappa shape index (κ3) is 3.59. The lowest BCUT2D eigenvalue weighted by molar-refractivity contribution is 0.453. The van der Waals surface area contributed by atoms with Gasteiger partial charge in [0.15, 0.2) is 0 Å². The molecule has 2 N–H and O–H groups in total. The quantitative estimate of drug-likeness (QED) is 0.713. The van der Waals surface area contributed by atoms with E-state index in [-0.39, 0.29) is 6.04 Å². The Bertz CT molecular complexity index is 761. The number of pyridine rings is 1. The lowest BCUT2D eigenvalue weighted by atomic mass is 10.0. The Kier molecular flexibility index (Phi) is 4.72. The van der Waals surface area contributed by atoms with Gasteiger partial charge in [-0.1, -0.05) is 19.9 Å². The molecule has 3 aromatic rings. The summed E-state index contributed by atoms with van der Waals surface area (Å²) in [5, 5.41) is 3.38. The van der Waals surface area contributed by atoms with Crippen molar-refractivity contribution in [2.24, 2.45) is 5.92 Å². The molecule has 2 heterocycles. The fraction of sp³-hybridized carbons (Fsp3) is 0.368. The molecule has 4 heteroatoms. The molecule has 120 valence electrons. The Morgan fingerprint density at radius 1 is 1.04 bits per heavy atom. The summed E-state index contributed by atoms with van der Waals surface area (Å²) < 4.78 is 0. The van der Waals surface area contributed by atoms with Crippen molar-refractivity contribution in [3.63, 3.8) is 0 Å². The van der Waals surface area contributed by atoms with Crippen LogP contribution in [0.2, 0.25) is 0 Å². The SMILES string of the molecule is CN[C@@H](CCC(C)C)c1nc2ccc(-c3ccncc3)cc2[nH]1. The molecule has 2 aromatic heterocycles. The van der Waals surface area contributed by atoms with E-state index in [0.717, 1.165) is 23.3 Å². The van der Waals surface area contributed by atoms with E-state index in [1.807, 2.05) is 31.6 Å². The molecular formula is C19H24N4.